The zero-order valence-electron chi connectivity index (χ0n) is 12.9. The number of rotatable bonds is 5. The lowest BCUT2D eigenvalue weighted by Gasteiger charge is -2.23. The summed E-state index contributed by atoms with van der Waals surface area (Å²) in [5.74, 6) is -0.513. The molecule has 4 nitrogen and oxygen atoms in total. The number of aromatic hydroxyl groups is 1. The van der Waals surface area contributed by atoms with Crippen LogP contribution < -0.4 is 0 Å². The van der Waals surface area contributed by atoms with Crippen molar-refractivity contribution in [3.05, 3.63) is 59.2 Å². The molecule has 23 heavy (non-hydrogen) atoms. The van der Waals surface area contributed by atoms with Crippen molar-refractivity contribution in [2.24, 2.45) is 0 Å². The summed E-state index contributed by atoms with van der Waals surface area (Å²) in [6.07, 6.45) is 0.696. The van der Waals surface area contributed by atoms with E-state index < -0.39 is 5.97 Å². The second kappa shape index (κ2) is 6.64. The molecule has 0 radical (unpaired) electrons. The van der Waals surface area contributed by atoms with Crippen LogP contribution in [0.2, 0.25) is 0 Å². The maximum atomic E-state index is 11.0. The summed E-state index contributed by atoms with van der Waals surface area (Å²) in [5.41, 5.74) is 3.42. The maximum absolute atomic E-state index is 11.0. The van der Waals surface area contributed by atoms with Crippen LogP contribution in [0.3, 0.4) is 0 Å². The van der Waals surface area contributed by atoms with E-state index in [2.05, 4.69) is 16.4 Å². The standard InChI is InChI=1S/C18H19NO3S/c1-12-6-8-17(16(20)10-12)23-19-11-13-4-2-3-5-14(13)15(19)7-9-18(21)22/h2-6,8,10,15,20H,7,9,11H2,1H3,(H,21,22). The Kier molecular flexibility index (Phi) is 4.59. The van der Waals surface area contributed by atoms with Gasteiger partial charge < -0.3 is 10.2 Å². The molecule has 1 aliphatic rings. The molecule has 1 heterocycles. The molecule has 0 aliphatic carbocycles. The molecule has 3 rings (SSSR count). The Balaban J connectivity index is 1.84. The van der Waals surface area contributed by atoms with Gasteiger partial charge in [0.15, 0.2) is 0 Å². The Bertz CT molecular complexity index is 732. The van der Waals surface area contributed by atoms with Gasteiger partial charge in [-0.1, -0.05) is 30.3 Å². The van der Waals surface area contributed by atoms with E-state index in [0.29, 0.717) is 6.42 Å². The van der Waals surface area contributed by atoms with E-state index in [-0.39, 0.29) is 18.2 Å². The van der Waals surface area contributed by atoms with Crippen molar-refractivity contribution in [2.45, 2.75) is 37.2 Å². The lowest BCUT2D eigenvalue weighted by atomic mass is 10.0. The van der Waals surface area contributed by atoms with Crippen molar-refractivity contribution in [1.82, 2.24) is 4.31 Å². The largest absolute Gasteiger partial charge is 0.507 e. The van der Waals surface area contributed by atoms with Crippen LogP contribution in [0.5, 0.6) is 5.75 Å². The van der Waals surface area contributed by atoms with E-state index in [1.807, 2.05) is 31.2 Å². The van der Waals surface area contributed by atoms with Crippen LogP contribution in [-0.2, 0) is 11.3 Å². The first kappa shape index (κ1) is 15.9. The van der Waals surface area contributed by atoms with Crippen LogP contribution in [0.25, 0.3) is 0 Å². The van der Waals surface area contributed by atoms with Gasteiger partial charge in [0.25, 0.3) is 0 Å². The highest BCUT2D eigenvalue weighted by molar-refractivity contribution is 7.97. The molecule has 1 atom stereocenters. The Hall–Kier alpha value is -1.98. The number of phenols is 1. The number of phenolic OH excluding ortho intramolecular Hbond substituents is 1. The van der Waals surface area contributed by atoms with E-state index >= 15 is 0 Å². The first-order valence-corrected chi connectivity index (χ1v) is 8.36. The number of benzene rings is 2. The quantitative estimate of drug-likeness (QED) is 0.808. The fourth-order valence-corrected chi connectivity index (χ4v) is 4.01. The Labute approximate surface area is 139 Å². The smallest absolute Gasteiger partial charge is 0.303 e. The fraction of sp³-hybridized carbons (Fsp3) is 0.278. The summed E-state index contributed by atoms with van der Waals surface area (Å²) in [7, 11) is 0. The average Bonchev–Trinajstić information content (AvgIpc) is 2.85. The summed E-state index contributed by atoms with van der Waals surface area (Å²) < 4.78 is 2.16. The SMILES string of the molecule is Cc1ccc(SN2Cc3ccccc3C2CCC(=O)O)c(O)c1. The number of carbonyl (C=O) groups is 1. The number of carboxylic acid groups (broad SMARTS) is 1. The molecule has 120 valence electrons. The van der Waals surface area contributed by atoms with E-state index in [9.17, 15) is 9.90 Å². The van der Waals surface area contributed by atoms with E-state index in [1.54, 1.807) is 6.07 Å². The number of carboxylic acids is 1. The molecule has 0 saturated carbocycles. The predicted molar refractivity (Wildman–Crippen MR) is 90.3 cm³/mol. The van der Waals surface area contributed by atoms with Crippen molar-refractivity contribution < 1.29 is 15.0 Å². The first-order chi connectivity index (χ1) is 11.0. The van der Waals surface area contributed by atoms with Crippen molar-refractivity contribution in [3.63, 3.8) is 0 Å². The van der Waals surface area contributed by atoms with E-state index in [0.717, 1.165) is 17.0 Å². The molecular weight excluding hydrogens is 310 g/mol. The van der Waals surface area contributed by atoms with Gasteiger partial charge in [-0.15, -0.1) is 0 Å². The minimum Gasteiger partial charge on any atom is -0.507 e. The summed E-state index contributed by atoms with van der Waals surface area (Å²) in [4.78, 5) is 11.8. The predicted octanol–water partition coefficient (Wildman–Crippen LogP) is 4.13. The van der Waals surface area contributed by atoms with Gasteiger partial charge in [-0.3, -0.25) is 4.79 Å². The molecule has 0 amide bonds. The van der Waals surface area contributed by atoms with Gasteiger partial charge in [0, 0.05) is 19.0 Å². The minimum atomic E-state index is -0.780. The molecule has 0 fully saturated rings. The van der Waals surface area contributed by atoms with Crippen molar-refractivity contribution in [3.8, 4) is 5.75 Å². The molecule has 2 aromatic carbocycles. The number of hydrogen-bond donors (Lipinski definition) is 2. The van der Waals surface area contributed by atoms with E-state index in [4.69, 9.17) is 5.11 Å². The summed E-state index contributed by atoms with van der Waals surface area (Å²) >= 11 is 1.49. The van der Waals surface area contributed by atoms with Gasteiger partial charge in [-0.25, -0.2) is 4.31 Å². The molecule has 0 saturated heterocycles. The van der Waals surface area contributed by atoms with E-state index in [1.165, 1.54) is 23.1 Å². The lowest BCUT2D eigenvalue weighted by Crippen LogP contribution is -2.15. The van der Waals surface area contributed by atoms with Gasteiger partial charge in [-0.2, -0.15) is 0 Å². The van der Waals surface area contributed by atoms with Gasteiger partial charge in [0.2, 0.25) is 0 Å². The number of aliphatic carboxylic acids is 1. The zero-order valence-corrected chi connectivity index (χ0v) is 13.7. The number of hydrogen-bond acceptors (Lipinski definition) is 4. The minimum absolute atomic E-state index is 0.0491. The highest BCUT2D eigenvalue weighted by atomic mass is 32.2. The zero-order chi connectivity index (χ0) is 16.4. The third-order valence-electron chi connectivity index (χ3n) is 4.05. The van der Waals surface area contributed by atoms with Crippen LogP contribution in [0.15, 0.2) is 47.4 Å². The highest BCUT2D eigenvalue weighted by Gasteiger charge is 2.31. The second-order valence-corrected chi connectivity index (χ2v) is 6.88. The Morgan fingerprint density at radius 1 is 1.30 bits per heavy atom. The van der Waals surface area contributed by atoms with Gasteiger partial charge in [0.1, 0.15) is 5.75 Å². The monoisotopic (exact) mass is 329 g/mol. The molecule has 2 aromatic rings. The average molecular weight is 329 g/mol. The maximum Gasteiger partial charge on any atom is 0.303 e. The van der Waals surface area contributed by atoms with Gasteiger partial charge in [0.05, 0.1) is 4.90 Å². The molecule has 1 aliphatic heterocycles. The third kappa shape index (κ3) is 3.51. The number of fused-ring (bicyclic) bond motifs is 1. The first-order valence-electron chi connectivity index (χ1n) is 7.58. The molecule has 2 N–H and O–H groups in total. The van der Waals surface area contributed by atoms with Crippen LogP contribution in [0.1, 0.15) is 35.6 Å². The van der Waals surface area contributed by atoms with Crippen LogP contribution in [0.4, 0.5) is 0 Å². The topological polar surface area (TPSA) is 60.8 Å². The number of nitrogens with zero attached hydrogens (tertiary/aromatic N) is 1. The second-order valence-electron chi connectivity index (χ2n) is 5.78. The summed E-state index contributed by atoms with van der Waals surface area (Å²) in [5, 5.41) is 19.1. The molecule has 0 bridgehead atoms. The Morgan fingerprint density at radius 2 is 2.09 bits per heavy atom. The highest BCUT2D eigenvalue weighted by Crippen LogP contribution is 2.45. The molecule has 0 spiro atoms. The molecule has 0 aromatic heterocycles. The van der Waals surface area contributed by atoms with Crippen molar-refractivity contribution in [2.75, 3.05) is 0 Å². The molecule has 1 unspecified atom stereocenters. The Morgan fingerprint density at radius 3 is 2.83 bits per heavy atom. The van der Waals surface area contributed by atoms with Crippen molar-refractivity contribution in [1.29, 1.82) is 0 Å². The lowest BCUT2D eigenvalue weighted by molar-refractivity contribution is -0.137. The molecule has 5 heteroatoms. The normalized spacial score (nSPS) is 17.2. The van der Waals surface area contributed by atoms with Gasteiger partial charge >= 0.3 is 5.97 Å². The van der Waals surface area contributed by atoms with Crippen LogP contribution in [-0.4, -0.2) is 20.5 Å². The summed E-state index contributed by atoms with van der Waals surface area (Å²) in [6.45, 7) is 2.69. The third-order valence-corrected chi connectivity index (χ3v) is 5.21. The summed E-state index contributed by atoms with van der Waals surface area (Å²) in [6, 6.07) is 13.8. The number of aryl methyl sites for hydroxylation is 1. The van der Waals surface area contributed by atoms with Crippen LogP contribution in [0, 0.1) is 6.92 Å². The van der Waals surface area contributed by atoms with Crippen LogP contribution >= 0.6 is 11.9 Å². The van der Waals surface area contributed by atoms with Crippen molar-refractivity contribution >= 4 is 17.9 Å². The molecular formula is C18H19NO3S. The van der Waals surface area contributed by atoms with Gasteiger partial charge in [-0.05, 0) is 54.1 Å². The fourth-order valence-electron chi connectivity index (χ4n) is 2.92.